The molecule has 58 valence electrons. The van der Waals surface area contributed by atoms with Crippen molar-refractivity contribution in [2.24, 2.45) is 0 Å². The first kappa shape index (κ1) is 8.06. The average molecular weight is 146 g/mol. The molecule has 0 unspecified atom stereocenters. The van der Waals surface area contributed by atoms with E-state index in [2.05, 4.69) is 6.58 Å². The van der Waals surface area contributed by atoms with Crippen LogP contribution in [0.15, 0.2) is 48.6 Å². The SMILES string of the molecule is C=C1CCC1.c1ccccc1. The Morgan fingerprint density at radius 3 is 1.18 bits per heavy atom. The smallest absolute Gasteiger partial charge is 0.0320 e. The van der Waals surface area contributed by atoms with E-state index in [1.807, 2.05) is 36.4 Å². The Balaban J connectivity index is 0.000000112. The summed E-state index contributed by atoms with van der Waals surface area (Å²) in [5.41, 5.74) is 1.44. The largest absolute Gasteiger partial charge is 0.0999 e. The van der Waals surface area contributed by atoms with E-state index in [1.165, 1.54) is 24.8 Å². The van der Waals surface area contributed by atoms with Crippen LogP contribution in [0.1, 0.15) is 19.3 Å². The van der Waals surface area contributed by atoms with Crippen LogP contribution < -0.4 is 0 Å². The van der Waals surface area contributed by atoms with Crippen LogP contribution in [0, 0.1) is 0 Å². The Bertz CT molecular complexity index is 166. The monoisotopic (exact) mass is 146 g/mol. The molecule has 0 amide bonds. The van der Waals surface area contributed by atoms with Gasteiger partial charge in [-0.3, -0.25) is 0 Å². The maximum atomic E-state index is 3.76. The van der Waals surface area contributed by atoms with Gasteiger partial charge in [-0.25, -0.2) is 0 Å². The number of hydrogen-bond donors (Lipinski definition) is 0. The lowest BCUT2D eigenvalue weighted by Gasteiger charge is -2.11. The van der Waals surface area contributed by atoms with Crippen LogP contribution >= 0.6 is 0 Å². The van der Waals surface area contributed by atoms with E-state index in [-0.39, 0.29) is 0 Å². The summed E-state index contributed by atoms with van der Waals surface area (Å²) in [4.78, 5) is 0. The molecule has 0 radical (unpaired) electrons. The Kier molecular flexibility index (Phi) is 3.46. The van der Waals surface area contributed by atoms with Crippen LogP contribution in [0.5, 0.6) is 0 Å². The molecule has 1 fully saturated rings. The summed E-state index contributed by atoms with van der Waals surface area (Å²) in [6.45, 7) is 3.76. The molecule has 0 N–H and O–H groups in total. The number of rotatable bonds is 0. The number of benzene rings is 1. The maximum Gasteiger partial charge on any atom is -0.0320 e. The lowest BCUT2D eigenvalue weighted by Crippen LogP contribution is -1.92. The molecule has 0 nitrogen and oxygen atoms in total. The Hall–Kier alpha value is -1.04. The van der Waals surface area contributed by atoms with Crippen molar-refractivity contribution in [3.8, 4) is 0 Å². The Labute approximate surface area is 68.6 Å². The molecular weight excluding hydrogens is 132 g/mol. The molecule has 1 aromatic rings. The van der Waals surface area contributed by atoms with E-state index in [0.717, 1.165) is 0 Å². The first-order chi connectivity index (χ1) is 5.39. The third-order valence-electron chi connectivity index (χ3n) is 1.73. The minimum atomic E-state index is 1.29. The fourth-order valence-corrected chi connectivity index (χ4v) is 0.812. The molecule has 1 aromatic carbocycles. The molecule has 0 aliphatic heterocycles. The van der Waals surface area contributed by atoms with Crippen LogP contribution in [-0.4, -0.2) is 0 Å². The predicted octanol–water partition coefficient (Wildman–Crippen LogP) is 3.41. The highest BCUT2D eigenvalue weighted by Gasteiger charge is 2.02. The second-order valence-electron chi connectivity index (χ2n) is 2.76. The predicted molar refractivity (Wildman–Crippen MR) is 49.4 cm³/mol. The molecule has 0 heterocycles. The summed E-state index contributed by atoms with van der Waals surface area (Å²) in [7, 11) is 0. The van der Waals surface area contributed by atoms with Crippen LogP contribution in [0.2, 0.25) is 0 Å². The van der Waals surface area contributed by atoms with Crippen molar-refractivity contribution < 1.29 is 0 Å². The maximum absolute atomic E-state index is 3.76. The lowest BCUT2D eigenvalue weighted by molar-refractivity contribution is 0.667. The highest BCUT2D eigenvalue weighted by Crippen LogP contribution is 2.21. The van der Waals surface area contributed by atoms with E-state index in [9.17, 15) is 0 Å². The molecule has 0 spiro atoms. The molecule has 0 bridgehead atoms. The second kappa shape index (κ2) is 4.73. The van der Waals surface area contributed by atoms with Gasteiger partial charge in [-0.15, -0.1) is 0 Å². The molecular formula is C11H14. The highest BCUT2D eigenvalue weighted by molar-refractivity contribution is 5.02. The molecule has 1 saturated carbocycles. The third-order valence-corrected chi connectivity index (χ3v) is 1.73. The summed E-state index contributed by atoms with van der Waals surface area (Å²) in [5.74, 6) is 0. The van der Waals surface area contributed by atoms with E-state index in [1.54, 1.807) is 0 Å². The highest BCUT2D eigenvalue weighted by atomic mass is 14.1. The van der Waals surface area contributed by atoms with Crippen molar-refractivity contribution in [2.75, 3.05) is 0 Å². The van der Waals surface area contributed by atoms with Crippen molar-refractivity contribution >= 4 is 0 Å². The summed E-state index contributed by atoms with van der Waals surface area (Å²) < 4.78 is 0. The van der Waals surface area contributed by atoms with Gasteiger partial charge in [0.2, 0.25) is 0 Å². The van der Waals surface area contributed by atoms with Gasteiger partial charge in [-0.2, -0.15) is 0 Å². The van der Waals surface area contributed by atoms with E-state index in [4.69, 9.17) is 0 Å². The van der Waals surface area contributed by atoms with Crippen molar-refractivity contribution in [3.63, 3.8) is 0 Å². The van der Waals surface area contributed by atoms with Crippen LogP contribution in [0.25, 0.3) is 0 Å². The quantitative estimate of drug-likeness (QED) is 0.492. The molecule has 11 heavy (non-hydrogen) atoms. The van der Waals surface area contributed by atoms with E-state index < -0.39 is 0 Å². The zero-order valence-electron chi connectivity index (χ0n) is 6.79. The zero-order chi connectivity index (χ0) is 7.94. The van der Waals surface area contributed by atoms with Gasteiger partial charge in [0.15, 0.2) is 0 Å². The van der Waals surface area contributed by atoms with Gasteiger partial charge < -0.3 is 0 Å². The van der Waals surface area contributed by atoms with Gasteiger partial charge >= 0.3 is 0 Å². The summed E-state index contributed by atoms with van der Waals surface area (Å²) >= 11 is 0. The average Bonchev–Trinajstić information content (AvgIpc) is 2.05. The van der Waals surface area contributed by atoms with Crippen LogP contribution in [-0.2, 0) is 0 Å². The van der Waals surface area contributed by atoms with Crippen molar-refractivity contribution in [3.05, 3.63) is 48.6 Å². The number of allylic oxidation sites excluding steroid dienone is 1. The Morgan fingerprint density at radius 1 is 0.818 bits per heavy atom. The third kappa shape index (κ3) is 3.61. The van der Waals surface area contributed by atoms with Gasteiger partial charge in [0.25, 0.3) is 0 Å². The van der Waals surface area contributed by atoms with E-state index >= 15 is 0 Å². The topological polar surface area (TPSA) is 0 Å². The molecule has 0 atom stereocenters. The Morgan fingerprint density at radius 2 is 1.09 bits per heavy atom. The zero-order valence-corrected chi connectivity index (χ0v) is 6.79. The normalized spacial score (nSPS) is 14.4. The van der Waals surface area contributed by atoms with E-state index in [0.29, 0.717) is 0 Å². The molecule has 1 aliphatic rings. The van der Waals surface area contributed by atoms with Crippen molar-refractivity contribution in [1.29, 1.82) is 0 Å². The lowest BCUT2D eigenvalue weighted by atomic mass is 9.95. The summed E-state index contributed by atoms with van der Waals surface area (Å²) in [5, 5.41) is 0. The standard InChI is InChI=1S/C6H6.C5H8/c1-2-4-6-5-3-1;1-5-3-2-4-5/h1-6H;1-4H2. The van der Waals surface area contributed by atoms with Gasteiger partial charge in [0.1, 0.15) is 0 Å². The first-order valence-corrected chi connectivity index (χ1v) is 4.06. The second-order valence-corrected chi connectivity index (χ2v) is 2.76. The fraction of sp³-hybridized carbons (Fsp3) is 0.273. The van der Waals surface area contributed by atoms with Crippen molar-refractivity contribution in [1.82, 2.24) is 0 Å². The van der Waals surface area contributed by atoms with Gasteiger partial charge in [0, 0.05) is 0 Å². The van der Waals surface area contributed by atoms with Crippen molar-refractivity contribution in [2.45, 2.75) is 19.3 Å². The fourth-order valence-electron chi connectivity index (χ4n) is 0.812. The van der Waals surface area contributed by atoms with Gasteiger partial charge in [0.05, 0.1) is 0 Å². The van der Waals surface area contributed by atoms with Gasteiger partial charge in [-0.05, 0) is 19.3 Å². The molecule has 0 saturated heterocycles. The molecule has 1 aliphatic carbocycles. The minimum Gasteiger partial charge on any atom is -0.0999 e. The molecule has 2 rings (SSSR count). The first-order valence-electron chi connectivity index (χ1n) is 4.06. The van der Waals surface area contributed by atoms with Gasteiger partial charge in [-0.1, -0.05) is 48.6 Å². The minimum absolute atomic E-state index is 1.29. The molecule has 0 aromatic heterocycles. The number of hydrogen-bond acceptors (Lipinski definition) is 0. The summed E-state index contributed by atoms with van der Waals surface area (Å²) in [6, 6.07) is 12.0. The summed E-state index contributed by atoms with van der Waals surface area (Å²) in [6.07, 6.45) is 3.97. The van der Waals surface area contributed by atoms with Crippen LogP contribution in [0.4, 0.5) is 0 Å². The molecule has 0 heteroatoms. The van der Waals surface area contributed by atoms with Crippen LogP contribution in [0.3, 0.4) is 0 Å².